The van der Waals surface area contributed by atoms with Crippen LogP contribution in [0.1, 0.15) is 44.6 Å². The molecule has 0 atom stereocenters. The van der Waals surface area contributed by atoms with Crippen LogP contribution in [0, 0.1) is 0 Å². The summed E-state index contributed by atoms with van der Waals surface area (Å²) in [6.45, 7) is 3.90. The number of hydrogen-bond acceptors (Lipinski definition) is 2. The van der Waals surface area contributed by atoms with Crippen LogP contribution in [0.15, 0.2) is 54.6 Å². The first-order valence-corrected chi connectivity index (χ1v) is 8.39. The third-order valence-corrected chi connectivity index (χ3v) is 3.71. The van der Waals surface area contributed by atoms with Crippen LogP contribution < -0.4 is 10.1 Å². The van der Waals surface area contributed by atoms with Crippen LogP contribution in [-0.4, -0.2) is 6.61 Å². The van der Waals surface area contributed by atoms with E-state index in [1.165, 1.54) is 31.2 Å². The van der Waals surface area contributed by atoms with Crippen molar-refractivity contribution in [1.29, 1.82) is 0 Å². The predicted octanol–water partition coefficient (Wildman–Crippen LogP) is 5.65. The van der Waals surface area contributed by atoms with Crippen molar-refractivity contribution >= 4 is 5.69 Å². The molecule has 2 nitrogen and oxygen atoms in total. The van der Waals surface area contributed by atoms with Gasteiger partial charge in [-0.3, -0.25) is 0 Å². The van der Waals surface area contributed by atoms with E-state index in [-0.39, 0.29) is 0 Å². The van der Waals surface area contributed by atoms with E-state index in [2.05, 4.69) is 48.6 Å². The van der Waals surface area contributed by atoms with Gasteiger partial charge >= 0.3 is 0 Å². The van der Waals surface area contributed by atoms with Crippen molar-refractivity contribution in [3.8, 4) is 5.75 Å². The van der Waals surface area contributed by atoms with Gasteiger partial charge in [0, 0.05) is 12.2 Å². The summed E-state index contributed by atoms with van der Waals surface area (Å²) in [7, 11) is 0. The smallest absolute Gasteiger partial charge is 0.119 e. The first-order valence-electron chi connectivity index (χ1n) is 8.39. The van der Waals surface area contributed by atoms with Crippen molar-refractivity contribution in [2.75, 3.05) is 11.9 Å². The fraction of sp³-hybridized carbons (Fsp3) is 0.400. The van der Waals surface area contributed by atoms with Crippen molar-refractivity contribution in [3.63, 3.8) is 0 Å². The molecule has 0 radical (unpaired) electrons. The highest BCUT2D eigenvalue weighted by Gasteiger charge is 1.97. The Morgan fingerprint density at radius 2 is 1.55 bits per heavy atom. The first-order chi connectivity index (χ1) is 10.9. The van der Waals surface area contributed by atoms with E-state index < -0.39 is 0 Å². The standard InChI is InChI=1S/C20H27NO/c1-2-3-4-5-9-16-22-20-14-12-18(13-15-20)17-21-19-10-7-6-8-11-19/h6-8,10-15,21H,2-5,9,16-17H2,1H3. The average Bonchev–Trinajstić information content (AvgIpc) is 2.58. The van der Waals surface area contributed by atoms with E-state index in [0.29, 0.717) is 0 Å². The highest BCUT2D eigenvalue weighted by Crippen LogP contribution is 2.15. The third-order valence-electron chi connectivity index (χ3n) is 3.71. The SMILES string of the molecule is CCCCCCCOc1ccc(CNc2ccccc2)cc1. The van der Waals surface area contributed by atoms with Crippen molar-refractivity contribution in [3.05, 3.63) is 60.2 Å². The minimum atomic E-state index is 0.825. The van der Waals surface area contributed by atoms with E-state index in [4.69, 9.17) is 4.74 Å². The minimum Gasteiger partial charge on any atom is -0.494 e. The van der Waals surface area contributed by atoms with Gasteiger partial charge in [0.25, 0.3) is 0 Å². The number of benzene rings is 2. The lowest BCUT2D eigenvalue weighted by molar-refractivity contribution is 0.304. The first kappa shape index (κ1) is 16.4. The molecule has 2 aromatic carbocycles. The lowest BCUT2D eigenvalue weighted by atomic mass is 10.2. The van der Waals surface area contributed by atoms with Gasteiger partial charge in [-0.05, 0) is 36.2 Å². The second-order valence-electron chi connectivity index (χ2n) is 5.63. The zero-order chi connectivity index (χ0) is 15.5. The predicted molar refractivity (Wildman–Crippen MR) is 94.5 cm³/mol. The maximum absolute atomic E-state index is 5.78. The van der Waals surface area contributed by atoms with Gasteiger partial charge in [0.15, 0.2) is 0 Å². The van der Waals surface area contributed by atoms with Crippen LogP contribution in [0.5, 0.6) is 5.75 Å². The summed E-state index contributed by atoms with van der Waals surface area (Å²) in [5.74, 6) is 0.971. The Balaban J connectivity index is 1.67. The average molecular weight is 297 g/mol. The van der Waals surface area contributed by atoms with Crippen LogP contribution in [0.2, 0.25) is 0 Å². The van der Waals surface area contributed by atoms with Gasteiger partial charge in [0.05, 0.1) is 6.61 Å². The lowest BCUT2D eigenvalue weighted by Crippen LogP contribution is -2.00. The molecular weight excluding hydrogens is 270 g/mol. The number of para-hydroxylation sites is 1. The molecule has 0 fully saturated rings. The minimum absolute atomic E-state index is 0.825. The Morgan fingerprint density at radius 3 is 2.27 bits per heavy atom. The van der Waals surface area contributed by atoms with Gasteiger partial charge in [-0.25, -0.2) is 0 Å². The topological polar surface area (TPSA) is 21.3 Å². The second kappa shape index (κ2) is 9.88. The maximum atomic E-state index is 5.78. The monoisotopic (exact) mass is 297 g/mol. The molecule has 1 N–H and O–H groups in total. The van der Waals surface area contributed by atoms with Crippen LogP contribution in [0.4, 0.5) is 5.69 Å². The maximum Gasteiger partial charge on any atom is 0.119 e. The molecular formula is C20H27NO. The quantitative estimate of drug-likeness (QED) is 0.572. The van der Waals surface area contributed by atoms with Crippen molar-refractivity contribution in [2.45, 2.75) is 45.6 Å². The molecule has 0 saturated carbocycles. The van der Waals surface area contributed by atoms with E-state index in [9.17, 15) is 0 Å². The van der Waals surface area contributed by atoms with E-state index >= 15 is 0 Å². The van der Waals surface area contributed by atoms with Gasteiger partial charge in [0.1, 0.15) is 5.75 Å². The summed E-state index contributed by atoms with van der Waals surface area (Å²) in [4.78, 5) is 0. The molecule has 22 heavy (non-hydrogen) atoms. The summed E-state index contributed by atoms with van der Waals surface area (Å²) in [5, 5.41) is 3.41. The molecule has 0 amide bonds. The summed E-state index contributed by atoms with van der Waals surface area (Å²) >= 11 is 0. The zero-order valence-electron chi connectivity index (χ0n) is 13.6. The summed E-state index contributed by atoms with van der Waals surface area (Å²) in [6.07, 6.45) is 6.37. The Hall–Kier alpha value is -1.96. The molecule has 0 aliphatic heterocycles. The lowest BCUT2D eigenvalue weighted by Gasteiger charge is -2.09. The van der Waals surface area contributed by atoms with Crippen LogP contribution in [0.25, 0.3) is 0 Å². The van der Waals surface area contributed by atoms with E-state index in [1.54, 1.807) is 0 Å². The number of nitrogens with one attached hydrogen (secondary N) is 1. The van der Waals surface area contributed by atoms with Crippen LogP contribution in [0.3, 0.4) is 0 Å². The molecule has 0 aromatic heterocycles. The van der Waals surface area contributed by atoms with E-state index in [0.717, 1.165) is 31.0 Å². The highest BCUT2D eigenvalue weighted by molar-refractivity contribution is 5.43. The molecule has 0 aliphatic rings. The van der Waals surface area contributed by atoms with Crippen LogP contribution in [-0.2, 0) is 6.54 Å². The van der Waals surface area contributed by atoms with Gasteiger partial charge in [-0.15, -0.1) is 0 Å². The van der Waals surface area contributed by atoms with E-state index in [1.807, 2.05) is 18.2 Å². The fourth-order valence-corrected chi connectivity index (χ4v) is 2.36. The molecule has 118 valence electrons. The molecule has 0 heterocycles. The molecule has 2 heteroatoms. The fourth-order valence-electron chi connectivity index (χ4n) is 2.36. The number of unbranched alkanes of at least 4 members (excludes halogenated alkanes) is 4. The number of ether oxygens (including phenoxy) is 1. The largest absolute Gasteiger partial charge is 0.494 e. The second-order valence-corrected chi connectivity index (χ2v) is 5.63. The molecule has 0 spiro atoms. The summed E-state index contributed by atoms with van der Waals surface area (Å²) < 4.78 is 5.78. The van der Waals surface area contributed by atoms with Gasteiger partial charge in [-0.2, -0.15) is 0 Å². The van der Waals surface area contributed by atoms with Gasteiger partial charge in [0.2, 0.25) is 0 Å². The summed E-state index contributed by atoms with van der Waals surface area (Å²) in [6, 6.07) is 18.7. The molecule has 0 aliphatic carbocycles. The Morgan fingerprint density at radius 1 is 0.818 bits per heavy atom. The molecule has 2 aromatic rings. The van der Waals surface area contributed by atoms with Gasteiger partial charge < -0.3 is 10.1 Å². The van der Waals surface area contributed by atoms with Crippen molar-refractivity contribution in [2.24, 2.45) is 0 Å². The number of rotatable bonds is 10. The Labute approximate surface area is 134 Å². The summed E-state index contributed by atoms with van der Waals surface area (Å²) in [5.41, 5.74) is 2.41. The third kappa shape index (κ3) is 6.21. The highest BCUT2D eigenvalue weighted by atomic mass is 16.5. The van der Waals surface area contributed by atoms with Crippen molar-refractivity contribution < 1.29 is 4.74 Å². The molecule has 0 unspecified atom stereocenters. The van der Waals surface area contributed by atoms with Gasteiger partial charge in [-0.1, -0.05) is 62.9 Å². The van der Waals surface area contributed by atoms with Crippen molar-refractivity contribution in [1.82, 2.24) is 0 Å². The van der Waals surface area contributed by atoms with Crippen LogP contribution >= 0.6 is 0 Å². The molecule has 0 saturated heterocycles. The molecule has 2 rings (SSSR count). The number of anilines is 1. The normalized spacial score (nSPS) is 10.4. The number of hydrogen-bond donors (Lipinski definition) is 1. The zero-order valence-corrected chi connectivity index (χ0v) is 13.6. The Kier molecular flexibility index (Phi) is 7.37. The Bertz CT molecular complexity index is 507. The molecule has 0 bridgehead atoms.